The third-order valence-electron chi connectivity index (χ3n) is 6.39. The van der Waals surface area contributed by atoms with E-state index in [2.05, 4.69) is 16.2 Å². The van der Waals surface area contributed by atoms with Crippen molar-refractivity contribution in [2.75, 3.05) is 7.11 Å². The van der Waals surface area contributed by atoms with Crippen LogP contribution in [0.4, 0.5) is 4.39 Å². The van der Waals surface area contributed by atoms with Crippen LogP contribution in [-0.4, -0.2) is 31.0 Å². The summed E-state index contributed by atoms with van der Waals surface area (Å²) in [5, 5.41) is 14.5. The van der Waals surface area contributed by atoms with Crippen molar-refractivity contribution in [3.63, 3.8) is 0 Å². The van der Waals surface area contributed by atoms with Gasteiger partial charge in [-0.25, -0.2) is 13.8 Å². The smallest absolute Gasteiger partial charge is 0.336 e. The maximum atomic E-state index is 14.2. The second kappa shape index (κ2) is 8.01. The fourth-order valence-electron chi connectivity index (χ4n) is 4.53. The number of ether oxygens (including phenoxy) is 1. The van der Waals surface area contributed by atoms with E-state index in [1.807, 2.05) is 0 Å². The normalized spacial score (nSPS) is 17.0. The summed E-state index contributed by atoms with van der Waals surface area (Å²) in [6, 6.07) is 6.11. The van der Waals surface area contributed by atoms with Crippen LogP contribution in [0.3, 0.4) is 0 Å². The topological polar surface area (TPSA) is 108 Å². The van der Waals surface area contributed by atoms with Gasteiger partial charge in [-0.15, -0.1) is 11.3 Å². The lowest BCUT2D eigenvalue weighted by Gasteiger charge is -2.12. The predicted molar refractivity (Wildman–Crippen MR) is 133 cm³/mol. The first-order chi connectivity index (χ1) is 17.3. The van der Waals surface area contributed by atoms with Crippen LogP contribution in [-0.2, 0) is 7.05 Å². The van der Waals surface area contributed by atoms with Crippen molar-refractivity contribution in [3.8, 4) is 27.9 Å². The maximum Gasteiger partial charge on any atom is 0.336 e. The molecule has 1 saturated carbocycles. The summed E-state index contributed by atoms with van der Waals surface area (Å²) < 4.78 is 23.7. The van der Waals surface area contributed by atoms with Gasteiger partial charge in [-0.2, -0.15) is 10.4 Å². The summed E-state index contributed by atoms with van der Waals surface area (Å²) in [4.78, 5) is 32.4. The highest BCUT2D eigenvalue weighted by atomic mass is 35.5. The largest absolute Gasteiger partial charge is 0.494 e. The highest BCUT2D eigenvalue weighted by molar-refractivity contribution is 7.22. The van der Waals surface area contributed by atoms with Crippen molar-refractivity contribution in [1.82, 2.24) is 23.9 Å². The van der Waals surface area contributed by atoms with Gasteiger partial charge in [0.05, 0.1) is 59.3 Å². The number of pyridine rings is 1. The Bertz CT molecular complexity index is 1880. The summed E-state index contributed by atoms with van der Waals surface area (Å²) >= 11 is 7.48. The molecule has 6 rings (SSSR count). The Morgan fingerprint density at radius 2 is 2.06 bits per heavy atom. The highest BCUT2D eigenvalue weighted by Crippen LogP contribution is 2.45. The van der Waals surface area contributed by atoms with E-state index in [4.69, 9.17) is 16.3 Å². The van der Waals surface area contributed by atoms with E-state index in [9.17, 15) is 19.2 Å². The van der Waals surface area contributed by atoms with E-state index in [0.29, 0.717) is 43.7 Å². The molecule has 9 nitrogen and oxygen atoms in total. The van der Waals surface area contributed by atoms with Gasteiger partial charge >= 0.3 is 5.69 Å². The molecule has 0 aliphatic heterocycles. The highest BCUT2D eigenvalue weighted by Gasteiger charge is 2.42. The minimum atomic E-state index is -0.613. The molecule has 12 heteroatoms. The molecule has 1 aliphatic rings. The van der Waals surface area contributed by atoms with Crippen molar-refractivity contribution in [3.05, 3.63) is 68.5 Å². The van der Waals surface area contributed by atoms with Gasteiger partial charge < -0.3 is 4.74 Å². The van der Waals surface area contributed by atoms with Gasteiger partial charge in [0.25, 0.3) is 5.56 Å². The van der Waals surface area contributed by atoms with E-state index < -0.39 is 17.1 Å². The van der Waals surface area contributed by atoms with Crippen LogP contribution >= 0.6 is 22.9 Å². The number of thiophene rings is 1. The molecule has 0 amide bonds. The van der Waals surface area contributed by atoms with Crippen LogP contribution in [0.25, 0.3) is 37.2 Å². The average Bonchev–Trinajstić information content (AvgIpc) is 3.33. The number of benzene rings is 1. The van der Waals surface area contributed by atoms with Crippen molar-refractivity contribution < 1.29 is 9.13 Å². The van der Waals surface area contributed by atoms with Crippen LogP contribution in [0.15, 0.2) is 46.4 Å². The molecule has 1 aliphatic carbocycles. The molecular weight excluding hydrogens is 507 g/mol. The zero-order valence-electron chi connectivity index (χ0n) is 18.9. The van der Waals surface area contributed by atoms with Crippen LogP contribution < -0.4 is 16.0 Å². The van der Waals surface area contributed by atoms with Crippen LogP contribution in [0.5, 0.6) is 5.75 Å². The predicted octanol–water partition coefficient (Wildman–Crippen LogP) is 4.05. The Morgan fingerprint density at radius 1 is 1.25 bits per heavy atom. The van der Waals surface area contributed by atoms with Gasteiger partial charge in [0, 0.05) is 29.1 Å². The molecule has 0 bridgehead atoms. The summed E-state index contributed by atoms with van der Waals surface area (Å²) in [5.74, 6) is -0.957. The van der Waals surface area contributed by atoms with E-state index in [-0.39, 0.29) is 22.7 Å². The van der Waals surface area contributed by atoms with Crippen LogP contribution in [0.2, 0.25) is 5.02 Å². The molecule has 2 unspecified atom stereocenters. The number of halogens is 2. The summed E-state index contributed by atoms with van der Waals surface area (Å²) in [7, 11) is 3.06. The van der Waals surface area contributed by atoms with Crippen molar-refractivity contribution in [2.24, 2.45) is 13.0 Å². The Hall–Kier alpha value is -4.01. The molecule has 1 aromatic carbocycles. The Morgan fingerprint density at radius 3 is 2.78 bits per heavy atom. The number of hydrogen-bond donors (Lipinski definition) is 0. The fraction of sp³-hybridized carbons (Fsp3) is 0.208. The van der Waals surface area contributed by atoms with Gasteiger partial charge in [0.1, 0.15) is 4.70 Å². The van der Waals surface area contributed by atoms with Crippen molar-refractivity contribution in [1.29, 1.82) is 5.26 Å². The monoisotopic (exact) mass is 522 g/mol. The number of methoxy groups -OCH3 is 1. The van der Waals surface area contributed by atoms with Crippen molar-refractivity contribution in [2.45, 2.75) is 12.5 Å². The minimum absolute atomic E-state index is 0.00218. The molecule has 1 fully saturated rings. The second-order valence-corrected chi connectivity index (χ2v) is 9.95. The lowest BCUT2D eigenvalue weighted by atomic mass is 10.1. The minimum Gasteiger partial charge on any atom is -0.494 e. The first-order valence-electron chi connectivity index (χ1n) is 10.8. The molecule has 4 aromatic heterocycles. The van der Waals surface area contributed by atoms with E-state index in [1.54, 1.807) is 30.2 Å². The maximum absolute atomic E-state index is 14.2. The molecule has 0 saturated heterocycles. The molecule has 5 aromatic rings. The number of aromatic nitrogens is 5. The Balaban J connectivity index is 1.69. The number of nitrogens with zero attached hydrogens (tertiary/aromatic N) is 6. The second-order valence-electron chi connectivity index (χ2n) is 8.49. The Kier molecular flexibility index (Phi) is 5.00. The number of fused-ring (bicyclic) bond motifs is 2. The zero-order valence-corrected chi connectivity index (χ0v) is 20.5. The van der Waals surface area contributed by atoms with Crippen molar-refractivity contribution >= 4 is 44.1 Å². The van der Waals surface area contributed by atoms with E-state index in [1.165, 1.54) is 23.9 Å². The Labute approximate surface area is 211 Å². The summed E-state index contributed by atoms with van der Waals surface area (Å²) in [6.45, 7) is 0. The quantitative estimate of drug-likeness (QED) is 0.352. The molecular formula is C24H16ClFN6O3S. The number of aryl methyl sites for hydroxylation is 1. The van der Waals surface area contributed by atoms with Crippen LogP contribution in [0.1, 0.15) is 12.5 Å². The third-order valence-corrected chi connectivity index (χ3v) is 7.85. The third kappa shape index (κ3) is 3.18. The molecule has 180 valence electrons. The van der Waals surface area contributed by atoms with Gasteiger partial charge in [-0.05, 0) is 24.6 Å². The van der Waals surface area contributed by atoms with E-state index >= 15 is 0 Å². The van der Waals surface area contributed by atoms with Gasteiger partial charge in [0.2, 0.25) is 0 Å². The zero-order chi connectivity index (χ0) is 25.3. The molecule has 0 radical (unpaired) electrons. The molecule has 2 atom stereocenters. The first kappa shape index (κ1) is 22.5. The number of hydrogen-bond acceptors (Lipinski definition) is 7. The number of rotatable bonds is 4. The van der Waals surface area contributed by atoms with Gasteiger partial charge in [-0.3, -0.25) is 19.0 Å². The first-order valence-corrected chi connectivity index (χ1v) is 12.0. The van der Waals surface area contributed by atoms with Gasteiger partial charge in [0.15, 0.2) is 11.6 Å². The van der Waals surface area contributed by atoms with Crippen LogP contribution in [0, 0.1) is 23.1 Å². The molecule has 0 N–H and O–H groups in total. The summed E-state index contributed by atoms with van der Waals surface area (Å²) in [6.07, 6.45) is 5.16. The number of nitriles is 1. The average molecular weight is 523 g/mol. The SMILES string of the molecule is COc1cc(-c2cc3c(s2)c(=O)n(-c2cncc4cnn(C)c24)c(=O)n3C2CC2C#N)c(Cl)cc1F. The summed E-state index contributed by atoms with van der Waals surface area (Å²) in [5.41, 5.74) is 0.627. The van der Waals surface area contributed by atoms with E-state index in [0.717, 1.165) is 22.0 Å². The molecule has 4 heterocycles. The fourth-order valence-corrected chi connectivity index (χ4v) is 5.95. The molecule has 0 spiro atoms. The molecule has 36 heavy (non-hydrogen) atoms. The lowest BCUT2D eigenvalue weighted by molar-refractivity contribution is 0.387. The standard InChI is InChI=1S/C24H16ClFN6O3S/c1-30-21-12(9-29-30)8-28-10-18(21)32-23(33)22-17(31(24(32)34)16-3-11(16)7-27)6-20(36-22)13-4-19(35-2)15(26)5-14(13)25/h4-6,8-11,16H,3H2,1-2H3. The van der Waals surface area contributed by atoms with Gasteiger partial charge in [-0.1, -0.05) is 11.6 Å². The lowest BCUT2D eigenvalue weighted by Crippen LogP contribution is -2.38.